The van der Waals surface area contributed by atoms with Crippen LogP contribution in [-0.2, 0) is 9.47 Å². The van der Waals surface area contributed by atoms with Crippen molar-refractivity contribution in [2.75, 3.05) is 19.8 Å². The standard InChI is InChI=1S/C20H22O4/c1-14(15-2-6-17(7-3-15)22-12-19-13-23-19)16-4-8-18(9-5-16)24-20-10-11-21-20/h2-9,14,19-20H,10-13H2,1H3. The van der Waals surface area contributed by atoms with Crippen LogP contribution in [0.5, 0.6) is 11.5 Å². The molecule has 2 aliphatic rings. The predicted octanol–water partition coefficient (Wildman–Crippen LogP) is 3.74. The van der Waals surface area contributed by atoms with Gasteiger partial charge in [-0.2, -0.15) is 0 Å². The van der Waals surface area contributed by atoms with Crippen molar-refractivity contribution in [3.8, 4) is 11.5 Å². The van der Waals surface area contributed by atoms with Crippen molar-refractivity contribution >= 4 is 0 Å². The first kappa shape index (κ1) is 15.5. The first-order valence-electron chi connectivity index (χ1n) is 8.50. The van der Waals surface area contributed by atoms with Crippen LogP contribution >= 0.6 is 0 Å². The van der Waals surface area contributed by atoms with Gasteiger partial charge in [-0.3, -0.25) is 0 Å². The smallest absolute Gasteiger partial charge is 0.202 e. The van der Waals surface area contributed by atoms with Gasteiger partial charge in [-0.25, -0.2) is 0 Å². The first-order chi connectivity index (χ1) is 11.8. The van der Waals surface area contributed by atoms with E-state index in [1.165, 1.54) is 11.1 Å². The lowest BCUT2D eigenvalue weighted by Crippen LogP contribution is -2.32. The van der Waals surface area contributed by atoms with Gasteiger partial charge < -0.3 is 18.9 Å². The molecular weight excluding hydrogens is 304 g/mol. The van der Waals surface area contributed by atoms with E-state index in [4.69, 9.17) is 18.9 Å². The molecule has 0 saturated carbocycles. The van der Waals surface area contributed by atoms with E-state index in [1.54, 1.807) is 0 Å². The lowest BCUT2D eigenvalue weighted by Gasteiger charge is -2.27. The largest absolute Gasteiger partial charge is 0.491 e. The Labute approximate surface area is 142 Å². The molecule has 0 N–H and O–H groups in total. The lowest BCUT2D eigenvalue weighted by molar-refractivity contribution is -0.165. The molecule has 2 aliphatic heterocycles. The Morgan fingerprint density at radius 1 is 0.958 bits per heavy atom. The van der Waals surface area contributed by atoms with Crippen molar-refractivity contribution in [1.82, 2.24) is 0 Å². The Balaban J connectivity index is 1.37. The van der Waals surface area contributed by atoms with Crippen LogP contribution in [0.1, 0.15) is 30.4 Å². The molecule has 3 atom stereocenters. The minimum Gasteiger partial charge on any atom is -0.491 e. The molecule has 0 aliphatic carbocycles. The number of rotatable bonds is 7. The SMILES string of the molecule is CC(c1ccc(OCC2CO2)cc1)c1ccc(OC2CCO2)cc1. The Kier molecular flexibility index (Phi) is 4.41. The van der Waals surface area contributed by atoms with Gasteiger partial charge in [0.25, 0.3) is 0 Å². The molecule has 2 aromatic carbocycles. The second-order valence-electron chi connectivity index (χ2n) is 6.33. The van der Waals surface area contributed by atoms with Crippen molar-refractivity contribution in [2.45, 2.75) is 31.7 Å². The van der Waals surface area contributed by atoms with Gasteiger partial charge in [0.2, 0.25) is 6.29 Å². The van der Waals surface area contributed by atoms with Gasteiger partial charge in [0.15, 0.2) is 0 Å². The van der Waals surface area contributed by atoms with E-state index >= 15 is 0 Å². The fraction of sp³-hybridized carbons (Fsp3) is 0.400. The summed E-state index contributed by atoms with van der Waals surface area (Å²) in [5.41, 5.74) is 2.53. The van der Waals surface area contributed by atoms with Gasteiger partial charge in [0, 0.05) is 12.3 Å². The minimum atomic E-state index is -0.0677. The Bertz CT molecular complexity index is 657. The second kappa shape index (κ2) is 6.83. The van der Waals surface area contributed by atoms with Gasteiger partial charge in [-0.05, 0) is 35.4 Å². The summed E-state index contributed by atoms with van der Waals surface area (Å²) in [6.45, 7) is 4.47. The molecule has 0 spiro atoms. The predicted molar refractivity (Wildman–Crippen MR) is 90.6 cm³/mol. The molecule has 2 aromatic rings. The van der Waals surface area contributed by atoms with Crippen molar-refractivity contribution in [3.05, 3.63) is 59.7 Å². The monoisotopic (exact) mass is 326 g/mol. The second-order valence-corrected chi connectivity index (χ2v) is 6.33. The quantitative estimate of drug-likeness (QED) is 0.727. The normalized spacial score (nSPS) is 23.2. The maximum Gasteiger partial charge on any atom is 0.202 e. The zero-order chi connectivity index (χ0) is 16.4. The van der Waals surface area contributed by atoms with E-state index in [1.807, 2.05) is 24.3 Å². The lowest BCUT2D eigenvalue weighted by atomic mass is 9.93. The third-order valence-electron chi connectivity index (χ3n) is 4.52. The van der Waals surface area contributed by atoms with E-state index in [-0.39, 0.29) is 12.4 Å². The molecule has 3 unspecified atom stereocenters. The van der Waals surface area contributed by atoms with E-state index in [9.17, 15) is 0 Å². The minimum absolute atomic E-state index is 0.0677. The maximum atomic E-state index is 5.71. The van der Waals surface area contributed by atoms with Gasteiger partial charge in [-0.1, -0.05) is 31.2 Å². The fourth-order valence-electron chi connectivity index (χ4n) is 2.69. The molecular formula is C20H22O4. The molecule has 2 heterocycles. The van der Waals surface area contributed by atoms with Gasteiger partial charge in [0.1, 0.15) is 24.2 Å². The van der Waals surface area contributed by atoms with Crippen LogP contribution in [0.4, 0.5) is 0 Å². The topological polar surface area (TPSA) is 40.2 Å². The van der Waals surface area contributed by atoms with Gasteiger partial charge in [0.05, 0.1) is 13.2 Å². The van der Waals surface area contributed by atoms with Crippen LogP contribution in [0.15, 0.2) is 48.5 Å². The van der Waals surface area contributed by atoms with Crippen LogP contribution in [-0.4, -0.2) is 32.2 Å². The summed E-state index contributed by atoms with van der Waals surface area (Å²) in [4.78, 5) is 0. The number of epoxide rings is 1. The van der Waals surface area contributed by atoms with Crippen LogP contribution in [0.3, 0.4) is 0 Å². The highest BCUT2D eigenvalue weighted by atomic mass is 16.7. The molecule has 126 valence electrons. The van der Waals surface area contributed by atoms with Crippen LogP contribution < -0.4 is 9.47 Å². The number of benzene rings is 2. The van der Waals surface area contributed by atoms with Crippen molar-refractivity contribution in [1.29, 1.82) is 0 Å². The summed E-state index contributed by atoms with van der Waals surface area (Å²) < 4.78 is 21.8. The summed E-state index contributed by atoms with van der Waals surface area (Å²) in [6.07, 6.45) is 1.19. The highest BCUT2D eigenvalue weighted by Crippen LogP contribution is 2.28. The summed E-state index contributed by atoms with van der Waals surface area (Å²) >= 11 is 0. The highest BCUT2D eigenvalue weighted by Gasteiger charge is 2.23. The third kappa shape index (κ3) is 3.71. The average molecular weight is 326 g/mol. The molecule has 4 heteroatoms. The summed E-state index contributed by atoms with van der Waals surface area (Å²) in [5.74, 6) is 2.08. The van der Waals surface area contributed by atoms with Crippen LogP contribution in [0.25, 0.3) is 0 Å². The number of ether oxygens (including phenoxy) is 4. The molecule has 24 heavy (non-hydrogen) atoms. The third-order valence-corrected chi connectivity index (χ3v) is 4.52. The first-order valence-corrected chi connectivity index (χ1v) is 8.50. The van der Waals surface area contributed by atoms with E-state index in [2.05, 4.69) is 31.2 Å². The zero-order valence-electron chi connectivity index (χ0n) is 13.8. The Morgan fingerprint density at radius 2 is 1.54 bits per heavy atom. The van der Waals surface area contributed by atoms with Crippen LogP contribution in [0, 0.1) is 0 Å². The van der Waals surface area contributed by atoms with Crippen molar-refractivity contribution in [3.63, 3.8) is 0 Å². The van der Waals surface area contributed by atoms with Gasteiger partial charge >= 0.3 is 0 Å². The van der Waals surface area contributed by atoms with Crippen molar-refractivity contribution < 1.29 is 18.9 Å². The van der Waals surface area contributed by atoms with Crippen LogP contribution in [0.2, 0.25) is 0 Å². The maximum absolute atomic E-state index is 5.71. The summed E-state index contributed by atoms with van der Waals surface area (Å²) in [5, 5.41) is 0. The molecule has 2 fully saturated rings. The Morgan fingerprint density at radius 3 is 2.04 bits per heavy atom. The zero-order valence-corrected chi connectivity index (χ0v) is 13.8. The summed E-state index contributed by atoms with van der Waals surface area (Å²) in [6, 6.07) is 16.6. The fourth-order valence-corrected chi connectivity index (χ4v) is 2.69. The van der Waals surface area contributed by atoms with Crippen molar-refractivity contribution in [2.24, 2.45) is 0 Å². The molecule has 0 aromatic heterocycles. The number of hydrogen-bond acceptors (Lipinski definition) is 4. The molecule has 4 nitrogen and oxygen atoms in total. The van der Waals surface area contributed by atoms with Gasteiger partial charge in [-0.15, -0.1) is 0 Å². The van der Waals surface area contributed by atoms with E-state index < -0.39 is 0 Å². The highest BCUT2D eigenvalue weighted by molar-refractivity contribution is 5.37. The van der Waals surface area contributed by atoms with E-state index in [0.29, 0.717) is 12.5 Å². The summed E-state index contributed by atoms with van der Waals surface area (Å²) in [7, 11) is 0. The average Bonchev–Trinajstić information content (AvgIpc) is 3.41. The van der Waals surface area contributed by atoms with E-state index in [0.717, 1.165) is 31.1 Å². The molecule has 4 rings (SSSR count). The molecule has 0 radical (unpaired) electrons. The molecule has 0 bridgehead atoms. The number of hydrogen-bond donors (Lipinski definition) is 0. The molecule has 0 amide bonds. The molecule has 2 saturated heterocycles. The Hall–Kier alpha value is -2.04.